The number of carbonyl (C=O) groups excluding carboxylic acids is 1. The van der Waals surface area contributed by atoms with E-state index in [0.717, 1.165) is 5.39 Å². The van der Waals surface area contributed by atoms with Gasteiger partial charge in [0.2, 0.25) is 0 Å². The van der Waals surface area contributed by atoms with E-state index in [1.54, 1.807) is 24.3 Å². The molecule has 0 fully saturated rings. The number of benzene rings is 2. The Morgan fingerprint density at radius 3 is 2.72 bits per heavy atom. The fourth-order valence-electron chi connectivity index (χ4n) is 2.30. The minimum Gasteiger partial charge on any atom is -0.504 e. The Hall–Kier alpha value is -3.48. The summed E-state index contributed by atoms with van der Waals surface area (Å²) in [5, 5.41) is 14.2. The van der Waals surface area contributed by atoms with Gasteiger partial charge in [0.25, 0.3) is 0 Å². The summed E-state index contributed by atoms with van der Waals surface area (Å²) in [6.07, 6.45) is 1.43. The van der Waals surface area contributed by atoms with Crippen molar-refractivity contribution in [2.24, 2.45) is 5.10 Å². The van der Waals surface area contributed by atoms with Crippen LogP contribution in [0.2, 0.25) is 0 Å². The molecule has 1 amide bonds. The van der Waals surface area contributed by atoms with Crippen LogP contribution in [0.1, 0.15) is 16.1 Å². The maximum atomic E-state index is 12.2. The number of methoxy groups -OCH3 is 2. The number of nitrogens with one attached hydrogen (secondary N) is 1. The molecule has 7 heteroatoms. The third-order valence-corrected chi connectivity index (χ3v) is 3.54. The molecule has 0 aliphatic heterocycles. The molecule has 3 aromatic rings. The topological polar surface area (TPSA) is 93.3 Å². The molecule has 1 heterocycles. The Labute approximate surface area is 143 Å². The maximum absolute atomic E-state index is 12.2. The molecule has 0 radical (unpaired) electrons. The smallest absolute Gasteiger partial charge is 0.307 e. The molecule has 2 N–H and O–H groups in total. The van der Waals surface area contributed by atoms with Gasteiger partial charge < -0.3 is 19.0 Å². The van der Waals surface area contributed by atoms with Crippen LogP contribution in [-0.4, -0.2) is 31.4 Å². The fourth-order valence-corrected chi connectivity index (χ4v) is 2.30. The van der Waals surface area contributed by atoms with E-state index in [4.69, 9.17) is 13.9 Å². The zero-order valence-corrected chi connectivity index (χ0v) is 13.6. The summed E-state index contributed by atoms with van der Waals surface area (Å²) in [4.78, 5) is 12.2. The average Bonchev–Trinajstić information content (AvgIpc) is 3.07. The van der Waals surface area contributed by atoms with Crippen LogP contribution in [0.3, 0.4) is 0 Å². The monoisotopic (exact) mass is 340 g/mol. The Morgan fingerprint density at radius 1 is 1.16 bits per heavy atom. The van der Waals surface area contributed by atoms with Crippen molar-refractivity contribution in [1.82, 2.24) is 5.43 Å². The van der Waals surface area contributed by atoms with E-state index in [-0.39, 0.29) is 11.5 Å². The zero-order chi connectivity index (χ0) is 17.8. The van der Waals surface area contributed by atoms with E-state index in [1.807, 2.05) is 12.1 Å². The van der Waals surface area contributed by atoms with Gasteiger partial charge in [-0.25, -0.2) is 5.43 Å². The average molecular weight is 340 g/mol. The summed E-state index contributed by atoms with van der Waals surface area (Å²) in [7, 11) is 2.99. The summed E-state index contributed by atoms with van der Waals surface area (Å²) in [5.41, 5.74) is 3.55. The highest BCUT2D eigenvalue weighted by molar-refractivity contribution is 5.97. The molecule has 0 atom stereocenters. The fraction of sp³-hybridized carbons (Fsp3) is 0.111. The van der Waals surface area contributed by atoms with Gasteiger partial charge in [0.15, 0.2) is 28.6 Å². The van der Waals surface area contributed by atoms with E-state index in [1.165, 1.54) is 26.5 Å². The molecule has 1 aromatic heterocycles. The molecule has 0 unspecified atom stereocenters. The van der Waals surface area contributed by atoms with Crippen LogP contribution < -0.4 is 14.9 Å². The van der Waals surface area contributed by atoms with Crippen LogP contribution in [0.15, 0.2) is 52.0 Å². The van der Waals surface area contributed by atoms with Crippen LogP contribution >= 0.6 is 0 Å². The normalized spacial score (nSPS) is 11.0. The molecule has 0 aliphatic rings. The lowest BCUT2D eigenvalue weighted by atomic mass is 10.2. The minimum atomic E-state index is -0.486. The summed E-state index contributed by atoms with van der Waals surface area (Å²) < 4.78 is 15.8. The molecule has 0 saturated carbocycles. The molecule has 0 aliphatic carbocycles. The molecule has 128 valence electrons. The van der Waals surface area contributed by atoms with Gasteiger partial charge in [-0.05, 0) is 35.9 Å². The van der Waals surface area contributed by atoms with E-state index >= 15 is 0 Å². The molecule has 25 heavy (non-hydrogen) atoms. The predicted octanol–water partition coefficient (Wildman–Crippen LogP) is 2.92. The first-order chi connectivity index (χ1) is 12.1. The first kappa shape index (κ1) is 16.4. The summed E-state index contributed by atoms with van der Waals surface area (Å²) in [6, 6.07) is 11.7. The van der Waals surface area contributed by atoms with Crippen LogP contribution in [0.5, 0.6) is 17.2 Å². The van der Waals surface area contributed by atoms with Gasteiger partial charge in [0, 0.05) is 5.39 Å². The van der Waals surface area contributed by atoms with Crippen molar-refractivity contribution >= 4 is 23.1 Å². The third-order valence-electron chi connectivity index (χ3n) is 3.54. The lowest BCUT2D eigenvalue weighted by Gasteiger charge is -2.03. The van der Waals surface area contributed by atoms with Crippen LogP contribution in [0.4, 0.5) is 0 Å². The molecular weight excluding hydrogens is 324 g/mol. The SMILES string of the molecule is COc1cc(C=NNC(=O)c2cc3cccc(OC)c3o2)ccc1O. The lowest BCUT2D eigenvalue weighted by Crippen LogP contribution is -2.16. The van der Waals surface area contributed by atoms with E-state index in [0.29, 0.717) is 22.6 Å². The zero-order valence-electron chi connectivity index (χ0n) is 13.6. The van der Waals surface area contributed by atoms with Gasteiger partial charge in [0.05, 0.1) is 20.4 Å². The van der Waals surface area contributed by atoms with Crippen LogP contribution in [0.25, 0.3) is 11.0 Å². The van der Waals surface area contributed by atoms with E-state index in [9.17, 15) is 9.90 Å². The number of amides is 1. The number of nitrogens with zero attached hydrogens (tertiary/aromatic N) is 1. The second kappa shape index (κ2) is 6.96. The number of furan rings is 1. The molecule has 2 aromatic carbocycles. The molecule has 3 rings (SSSR count). The molecule has 0 bridgehead atoms. The Morgan fingerprint density at radius 2 is 1.96 bits per heavy atom. The van der Waals surface area contributed by atoms with Gasteiger partial charge in [0.1, 0.15) is 0 Å². The highest BCUT2D eigenvalue weighted by Gasteiger charge is 2.14. The maximum Gasteiger partial charge on any atom is 0.307 e. The number of phenolic OH excluding ortho intramolecular Hbond substituents is 1. The number of hydrogen-bond donors (Lipinski definition) is 2. The number of para-hydroxylation sites is 1. The summed E-state index contributed by atoms with van der Waals surface area (Å²) in [6.45, 7) is 0. The second-order valence-corrected chi connectivity index (χ2v) is 5.12. The molecule has 0 spiro atoms. The minimum absolute atomic E-state index is 0.0277. The molecule has 0 saturated heterocycles. The summed E-state index contributed by atoms with van der Waals surface area (Å²) in [5.74, 6) is 0.538. The number of carbonyl (C=O) groups is 1. The summed E-state index contributed by atoms with van der Waals surface area (Å²) >= 11 is 0. The van der Waals surface area contributed by atoms with Crippen molar-refractivity contribution in [1.29, 1.82) is 0 Å². The highest BCUT2D eigenvalue weighted by atomic mass is 16.5. The third kappa shape index (κ3) is 3.40. The standard InChI is InChI=1S/C18H16N2O5/c1-23-14-5-3-4-12-9-16(25-17(12)14)18(22)20-19-10-11-6-7-13(21)15(8-11)24-2/h3-10,21H,1-2H3,(H,20,22). The number of rotatable bonds is 5. The number of hydrazone groups is 1. The van der Waals surface area contributed by atoms with Crippen molar-refractivity contribution in [2.75, 3.05) is 14.2 Å². The predicted molar refractivity (Wildman–Crippen MR) is 92.5 cm³/mol. The van der Waals surface area contributed by atoms with Crippen molar-refractivity contribution in [3.8, 4) is 17.2 Å². The number of aromatic hydroxyl groups is 1. The Balaban J connectivity index is 1.74. The van der Waals surface area contributed by atoms with E-state index < -0.39 is 5.91 Å². The number of ether oxygens (including phenoxy) is 2. The second-order valence-electron chi connectivity index (χ2n) is 5.12. The van der Waals surface area contributed by atoms with Gasteiger partial charge in [-0.2, -0.15) is 5.10 Å². The number of hydrogen-bond acceptors (Lipinski definition) is 6. The van der Waals surface area contributed by atoms with Crippen LogP contribution in [0, 0.1) is 0 Å². The van der Waals surface area contributed by atoms with Crippen LogP contribution in [-0.2, 0) is 0 Å². The van der Waals surface area contributed by atoms with Gasteiger partial charge in [-0.15, -0.1) is 0 Å². The van der Waals surface area contributed by atoms with Crippen molar-refractivity contribution in [3.63, 3.8) is 0 Å². The molecule has 7 nitrogen and oxygen atoms in total. The van der Waals surface area contributed by atoms with E-state index in [2.05, 4.69) is 10.5 Å². The lowest BCUT2D eigenvalue weighted by molar-refractivity contribution is 0.0929. The van der Waals surface area contributed by atoms with Crippen molar-refractivity contribution in [3.05, 3.63) is 53.8 Å². The quantitative estimate of drug-likeness (QED) is 0.550. The first-order valence-electron chi connectivity index (χ1n) is 7.39. The first-order valence-corrected chi connectivity index (χ1v) is 7.39. The van der Waals surface area contributed by atoms with Gasteiger partial charge in [-0.3, -0.25) is 4.79 Å². The Bertz CT molecular complexity index is 946. The highest BCUT2D eigenvalue weighted by Crippen LogP contribution is 2.28. The van der Waals surface area contributed by atoms with Gasteiger partial charge >= 0.3 is 5.91 Å². The number of fused-ring (bicyclic) bond motifs is 1. The Kier molecular flexibility index (Phi) is 4.56. The number of phenols is 1. The van der Waals surface area contributed by atoms with Gasteiger partial charge in [-0.1, -0.05) is 12.1 Å². The largest absolute Gasteiger partial charge is 0.504 e. The van der Waals surface area contributed by atoms with Crippen molar-refractivity contribution in [2.45, 2.75) is 0 Å². The molecular formula is C18H16N2O5. The van der Waals surface area contributed by atoms with Crippen molar-refractivity contribution < 1.29 is 23.8 Å².